The van der Waals surface area contributed by atoms with Crippen LogP contribution in [0, 0.1) is 13.8 Å². The molecule has 26 heavy (non-hydrogen) atoms. The van der Waals surface area contributed by atoms with Gasteiger partial charge in [0.1, 0.15) is 0 Å². The highest BCUT2D eigenvalue weighted by Crippen LogP contribution is 2.19. The van der Waals surface area contributed by atoms with Crippen molar-refractivity contribution in [2.75, 3.05) is 33.7 Å². The average Bonchev–Trinajstić information content (AvgIpc) is 2.54. The Morgan fingerprint density at radius 2 is 2.00 bits per heavy atom. The van der Waals surface area contributed by atoms with E-state index in [0.717, 1.165) is 48.1 Å². The van der Waals surface area contributed by atoms with Crippen LogP contribution in [-0.2, 0) is 6.54 Å². The summed E-state index contributed by atoms with van der Waals surface area (Å²) in [5.74, 6) is 0. The van der Waals surface area contributed by atoms with Gasteiger partial charge in [-0.25, -0.2) is 0 Å². The molecule has 2 aromatic rings. The number of quaternary nitrogens is 1. The molecule has 0 saturated heterocycles. The van der Waals surface area contributed by atoms with Crippen LogP contribution in [0.25, 0.3) is 10.9 Å². The van der Waals surface area contributed by atoms with Crippen LogP contribution in [0.3, 0.4) is 0 Å². The minimum absolute atomic E-state index is 0.0370. The molecule has 0 aliphatic carbocycles. The maximum Gasteiger partial charge on any atom is 0.253 e. The number of hydrogen-bond acceptors (Lipinski definition) is 2. The molecule has 0 radical (unpaired) electrons. The Kier molecular flexibility index (Phi) is 7.17. The summed E-state index contributed by atoms with van der Waals surface area (Å²) in [5.41, 5.74) is 3.94. The van der Waals surface area contributed by atoms with Gasteiger partial charge in [0.15, 0.2) is 5.11 Å². The fourth-order valence-electron chi connectivity index (χ4n) is 3.18. The summed E-state index contributed by atoms with van der Waals surface area (Å²) in [5, 5.41) is 5.02. The molecule has 0 amide bonds. The number of H-pyrrole nitrogens is 1. The number of benzene rings is 1. The number of hydrogen-bond donors (Lipinski definition) is 3. The molecule has 1 aromatic heterocycles. The lowest BCUT2D eigenvalue weighted by molar-refractivity contribution is -0.858. The molecule has 1 heterocycles. The molecule has 0 saturated carbocycles. The minimum atomic E-state index is -0.0370. The van der Waals surface area contributed by atoms with Gasteiger partial charge >= 0.3 is 0 Å². The summed E-state index contributed by atoms with van der Waals surface area (Å²) in [4.78, 5) is 19.2. The van der Waals surface area contributed by atoms with Gasteiger partial charge in [-0.1, -0.05) is 6.07 Å². The highest BCUT2D eigenvalue weighted by Gasteiger charge is 2.14. The molecule has 0 aliphatic heterocycles. The van der Waals surface area contributed by atoms with E-state index in [1.54, 1.807) is 0 Å². The van der Waals surface area contributed by atoms with Crippen molar-refractivity contribution in [3.8, 4) is 0 Å². The summed E-state index contributed by atoms with van der Waals surface area (Å²) in [7, 11) is 4.29. The molecule has 6 heteroatoms. The molecule has 2 rings (SSSR count). The predicted molar refractivity (Wildman–Crippen MR) is 113 cm³/mol. The van der Waals surface area contributed by atoms with Gasteiger partial charge in [0.2, 0.25) is 0 Å². The lowest BCUT2D eigenvalue weighted by Gasteiger charge is -2.26. The van der Waals surface area contributed by atoms with Crippen molar-refractivity contribution in [2.45, 2.75) is 33.7 Å². The first-order valence-electron chi connectivity index (χ1n) is 9.26. The molecule has 0 atom stereocenters. The molecule has 0 bridgehead atoms. The monoisotopic (exact) mass is 375 g/mol. The zero-order chi connectivity index (χ0) is 19.3. The maximum atomic E-state index is 12.6. The van der Waals surface area contributed by atoms with Crippen molar-refractivity contribution >= 4 is 28.2 Å². The van der Waals surface area contributed by atoms with E-state index in [-0.39, 0.29) is 5.56 Å². The molecule has 0 spiro atoms. The van der Waals surface area contributed by atoms with Gasteiger partial charge in [-0.3, -0.25) is 4.79 Å². The van der Waals surface area contributed by atoms with Gasteiger partial charge in [0.05, 0.1) is 27.2 Å². The van der Waals surface area contributed by atoms with E-state index < -0.39 is 0 Å². The lowest BCUT2D eigenvalue weighted by atomic mass is 10.0. The first-order chi connectivity index (χ1) is 12.3. The number of aromatic nitrogens is 1. The topological polar surface area (TPSA) is 52.6 Å². The van der Waals surface area contributed by atoms with Crippen LogP contribution in [0.15, 0.2) is 23.0 Å². The van der Waals surface area contributed by atoms with Gasteiger partial charge < -0.3 is 20.1 Å². The van der Waals surface area contributed by atoms with Gasteiger partial charge in [0.25, 0.3) is 5.56 Å². The largest absolute Gasteiger partial charge is 0.363 e. The number of pyridine rings is 1. The summed E-state index contributed by atoms with van der Waals surface area (Å²) in [6.45, 7) is 9.36. The van der Waals surface area contributed by atoms with E-state index in [0.29, 0.717) is 11.7 Å². The quantitative estimate of drug-likeness (QED) is 0.640. The number of rotatable bonds is 7. The van der Waals surface area contributed by atoms with Crippen molar-refractivity contribution in [3.05, 3.63) is 45.2 Å². The predicted octanol–water partition coefficient (Wildman–Crippen LogP) is 1.38. The normalized spacial score (nSPS) is 11.2. The Balaban J connectivity index is 2.29. The zero-order valence-electron chi connectivity index (χ0n) is 16.5. The van der Waals surface area contributed by atoms with Crippen LogP contribution in [0.2, 0.25) is 0 Å². The van der Waals surface area contributed by atoms with Gasteiger partial charge in [0, 0.05) is 36.0 Å². The third kappa shape index (κ3) is 5.29. The van der Waals surface area contributed by atoms with Crippen LogP contribution in [0.4, 0.5) is 0 Å². The second-order valence-electron chi connectivity index (χ2n) is 7.23. The van der Waals surface area contributed by atoms with E-state index >= 15 is 0 Å². The molecule has 142 valence electrons. The van der Waals surface area contributed by atoms with E-state index in [1.165, 1.54) is 10.5 Å². The van der Waals surface area contributed by atoms with Crippen LogP contribution < -0.4 is 15.8 Å². The second kappa shape index (κ2) is 9.14. The third-order valence-electron chi connectivity index (χ3n) is 4.47. The van der Waals surface area contributed by atoms with Crippen molar-refractivity contribution in [1.29, 1.82) is 0 Å². The number of nitrogens with zero attached hydrogens (tertiary/aromatic N) is 1. The van der Waals surface area contributed by atoms with E-state index in [2.05, 4.69) is 42.3 Å². The summed E-state index contributed by atoms with van der Waals surface area (Å²) in [6.07, 6.45) is 1.03. The molecule has 0 aliphatic rings. The number of aryl methyl sites for hydroxylation is 2. The van der Waals surface area contributed by atoms with Gasteiger partial charge in [-0.05, 0) is 56.2 Å². The molecule has 0 fully saturated rings. The standard InChI is InChI=1S/C20H30N4OS/c1-6-21-20(26)24(9-7-8-23(4)5)13-16-12-17-15(3)10-14(2)11-18(17)22-19(16)25/h10-12H,6-9,13H2,1-5H3,(H,21,26)(H,22,25)/p+1. The molecule has 0 unspecified atom stereocenters. The van der Waals surface area contributed by atoms with Gasteiger partial charge in [-0.15, -0.1) is 0 Å². The average molecular weight is 376 g/mol. The molecule has 1 aromatic carbocycles. The SMILES string of the molecule is CCNC(=S)N(CCC[NH+](C)C)Cc1cc2c(C)cc(C)cc2[nH]c1=O. The number of thiocarbonyl (C=S) groups is 1. The lowest BCUT2D eigenvalue weighted by Crippen LogP contribution is -3.05. The minimum Gasteiger partial charge on any atom is -0.363 e. The highest BCUT2D eigenvalue weighted by molar-refractivity contribution is 7.80. The van der Waals surface area contributed by atoms with E-state index in [1.807, 2.05) is 26.0 Å². The zero-order valence-corrected chi connectivity index (χ0v) is 17.3. The molecule has 3 N–H and O–H groups in total. The van der Waals surface area contributed by atoms with Crippen LogP contribution in [-0.4, -0.2) is 48.7 Å². The van der Waals surface area contributed by atoms with Crippen molar-refractivity contribution in [1.82, 2.24) is 15.2 Å². The Morgan fingerprint density at radius 1 is 1.27 bits per heavy atom. The number of nitrogens with one attached hydrogen (secondary N) is 3. The fraction of sp³-hybridized carbons (Fsp3) is 0.500. The molecule has 5 nitrogen and oxygen atoms in total. The summed E-state index contributed by atoms with van der Waals surface area (Å²) in [6, 6.07) is 6.18. The summed E-state index contributed by atoms with van der Waals surface area (Å²) >= 11 is 5.53. The first-order valence-corrected chi connectivity index (χ1v) is 9.67. The van der Waals surface area contributed by atoms with Crippen LogP contribution >= 0.6 is 12.2 Å². The summed E-state index contributed by atoms with van der Waals surface area (Å²) < 4.78 is 0. The van der Waals surface area contributed by atoms with Crippen LogP contribution in [0.1, 0.15) is 30.0 Å². The fourth-order valence-corrected chi connectivity index (χ4v) is 3.48. The smallest absolute Gasteiger partial charge is 0.253 e. The van der Waals surface area contributed by atoms with E-state index in [9.17, 15) is 4.79 Å². The Morgan fingerprint density at radius 3 is 2.65 bits per heavy atom. The van der Waals surface area contributed by atoms with Crippen molar-refractivity contribution in [3.63, 3.8) is 0 Å². The second-order valence-corrected chi connectivity index (χ2v) is 7.62. The number of aromatic amines is 1. The van der Waals surface area contributed by atoms with Crippen molar-refractivity contribution in [2.24, 2.45) is 0 Å². The first kappa shape index (κ1) is 20.4. The maximum absolute atomic E-state index is 12.6. The van der Waals surface area contributed by atoms with Crippen molar-refractivity contribution < 1.29 is 4.90 Å². The molecular weight excluding hydrogens is 344 g/mol. The number of fused-ring (bicyclic) bond motifs is 1. The third-order valence-corrected chi connectivity index (χ3v) is 4.87. The Labute approximate surface area is 161 Å². The van der Waals surface area contributed by atoms with Crippen LogP contribution in [0.5, 0.6) is 0 Å². The van der Waals surface area contributed by atoms with Gasteiger partial charge in [-0.2, -0.15) is 0 Å². The molecular formula is C20H31N4OS+. The van der Waals surface area contributed by atoms with E-state index in [4.69, 9.17) is 12.2 Å². The Hall–Kier alpha value is -1.92. The Bertz CT molecular complexity index is 828. The highest BCUT2D eigenvalue weighted by atomic mass is 32.1.